The van der Waals surface area contributed by atoms with E-state index in [0.717, 1.165) is 11.3 Å². The molecule has 0 aliphatic heterocycles. The fourth-order valence-electron chi connectivity index (χ4n) is 1.24. The number of hydrogen-bond acceptors (Lipinski definition) is 4. The number of nitrogens with one attached hydrogen (secondary N) is 2. The van der Waals surface area contributed by atoms with Gasteiger partial charge in [0.15, 0.2) is 0 Å². The minimum atomic E-state index is -3.53. The number of carbonyl (C=O) groups excluding carboxylic acids is 1. The molecule has 1 aromatic heterocycles. The van der Waals surface area contributed by atoms with Crippen LogP contribution in [0, 0.1) is 5.92 Å². The lowest BCUT2D eigenvalue weighted by molar-refractivity contribution is -0.121. The molecule has 0 aliphatic rings. The lowest BCUT2D eigenvalue weighted by Gasteiger charge is -2.08. The zero-order valence-electron chi connectivity index (χ0n) is 10.8. The van der Waals surface area contributed by atoms with Crippen LogP contribution in [-0.2, 0) is 14.8 Å². The first-order valence-electron chi connectivity index (χ1n) is 5.82. The summed E-state index contributed by atoms with van der Waals surface area (Å²) >= 11 is 4.31. The van der Waals surface area contributed by atoms with Gasteiger partial charge in [-0.05, 0) is 33.3 Å². The van der Waals surface area contributed by atoms with Crippen LogP contribution in [0.3, 0.4) is 0 Å². The van der Waals surface area contributed by atoms with E-state index in [1.165, 1.54) is 0 Å². The summed E-state index contributed by atoms with van der Waals surface area (Å²) < 4.78 is 27.0. The molecule has 0 unspecified atom stereocenters. The molecule has 1 heterocycles. The molecular formula is C11H17BrN2O3S2. The van der Waals surface area contributed by atoms with Crippen molar-refractivity contribution in [2.75, 3.05) is 13.1 Å². The Bertz CT molecular complexity index is 526. The normalized spacial score (nSPS) is 11.8. The number of thiophene rings is 1. The summed E-state index contributed by atoms with van der Waals surface area (Å²) in [6.07, 6.45) is 0.134. The van der Waals surface area contributed by atoms with Gasteiger partial charge in [-0.1, -0.05) is 13.8 Å². The van der Waals surface area contributed by atoms with E-state index in [9.17, 15) is 13.2 Å². The van der Waals surface area contributed by atoms with Crippen LogP contribution >= 0.6 is 27.3 Å². The molecule has 0 aliphatic carbocycles. The zero-order valence-corrected chi connectivity index (χ0v) is 14.0. The second kappa shape index (κ2) is 7.37. The fourth-order valence-corrected chi connectivity index (χ4v) is 4.65. The Balaban J connectivity index is 2.41. The molecule has 108 valence electrons. The maximum atomic E-state index is 11.9. The summed E-state index contributed by atoms with van der Waals surface area (Å²) in [6.45, 7) is 4.69. The maximum absolute atomic E-state index is 11.9. The first kappa shape index (κ1) is 16.6. The Hall–Kier alpha value is -0.440. The minimum Gasteiger partial charge on any atom is -0.356 e. The van der Waals surface area contributed by atoms with Crippen molar-refractivity contribution < 1.29 is 13.2 Å². The third kappa shape index (κ3) is 5.60. The molecule has 0 saturated carbocycles. The summed E-state index contributed by atoms with van der Waals surface area (Å²) in [6, 6.07) is 1.68. The van der Waals surface area contributed by atoms with Crippen LogP contribution in [0.15, 0.2) is 20.1 Å². The molecular weight excluding hydrogens is 352 g/mol. The molecule has 1 aromatic rings. The van der Waals surface area contributed by atoms with E-state index in [4.69, 9.17) is 0 Å². The van der Waals surface area contributed by atoms with Crippen LogP contribution in [0.5, 0.6) is 0 Å². The Labute approximate surface area is 126 Å². The molecule has 1 rings (SSSR count). The predicted molar refractivity (Wildman–Crippen MR) is 79.7 cm³/mol. The number of hydrogen-bond donors (Lipinski definition) is 2. The standard InChI is InChI=1S/C11H17BrN2O3S2/c1-8(2)7-13-10(15)3-5-14-19(16,17)11-9(12)4-6-18-11/h4,6,8,14H,3,5,7H2,1-2H3,(H,13,15). The van der Waals surface area contributed by atoms with Crippen molar-refractivity contribution in [1.82, 2.24) is 10.0 Å². The van der Waals surface area contributed by atoms with E-state index in [1.807, 2.05) is 13.8 Å². The fraction of sp³-hybridized carbons (Fsp3) is 0.545. The highest BCUT2D eigenvalue weighted by molar-refractivity contribution is 9.10. The topological polar surface area (TPSA) is 75.3 Å². The van der Waals surface area contributed by atoms with Crippen molar-refractivity contribution in [2.45, 2.75) is 24.5 Å². The first-order chi connectivity index (χ1) is 8.83. The molecule has 19 heavy (non-hydrogen) atoms. The van der Waals surface area contributed by atoms with Gasteiger partial charge in [0, 0.05) is 24.0 Å². The Morgan fingerprint density at radius 3 is 2.68 bits per heavy atom. The van der Waals surface area contributed by atoms with Crippen molar-refractivity contribution in [3.8, 4) is 0 Å². The van der Waals surface area contributed by atoms with Crippen LogP contribution < -0.4 is 10.0 Å². The van der Waals surface area contributed by atoms with Crippen molar-refractivity contribution >= 4 is 43.2 Å². The van der Waals surface area contributed by atoms with E-state index in [0.29, 0.717) is 16.9 Å². The summed E-state index contributed by atoms with van der Waals surface area (Å²) in [5.41, 5.74) is 0. The van der Waals surface area contributed by atoms with Gasteiger partial charge in [0.25, 0.3) is 10.0 Å². The van der Waals surface area contributed by atoms with Gasteiger partial charge in [-0.2, -0.15) is 0 Å². The number of carbonyl (C=O) groups is 1. The van der Waals surface area contributed by atoms with Crippen molar-refractivity contribution in [2.24, 2.45) is 5.92 Å². The quantitative estimate of drug-likeness (QED) is 0.772. The van der Waals surface area contributed by atoms with E-state index >= 15 is 0 Å². The van der Waals surface area contributed by atoms with Gasteiger partial charge in [-0.15, -0.1) is 11.3 Å². The van der Waals surface area contributed by atoms with E-state index < -0.39 is 10.0 Å². The van der Waals surface area contributed by atoms with Gasteiger partial charge >= 0.3 is 0 Å². The molecule has 0 aromatic carbocycles. The van der Waals surface area contributed by atoms with E-state index in [1.54, 1.807) is 11.4 Å². The molecule has 1 amide bonds. The number of amides is 1. The van der Waals surface area contributed by atoms with E-state index in [2.05, 4.69) is 26.0 Å². The summed E-state index contributed by atoms with van der Waals surface area (Å²) in [4.78, 5) is 11.4. The molecule has 0 atom stereocenters. The Kier molecular flexibility index (Phi) is 6.45. The number of halogens is 1. The van der Waals surface area contributed by atoms with Crippen LogP contribution in [-0.4, -0.2) is 27.4 Å². The average Bonchev–Trinajstić information content (AvgIpc) is 2.73. The largest absolute Gasteiger partial charge is 0.356 e. The smallest absolute Gasteiger partial charge is 0.251 e. The third-order valence-corrected chi connectivity index (χ3v) is 6.31. The average molecular weight is 369 g/mol. The van der Waals surface area contributed by atoms with Gasteiger partial charge in [0.05, 0.1) is 0 Å². The lowest BCUT2D eigenvalue weighted by Crippen LogP contribution is -2.32. The molecule has 5 nitrogen and oxygen atoms in total. The molecule has 0 saturated heterocycles. The van der Waals surface area contributed by atoms with Crippen LogP contribution in [0.4, 0.5) is 0 Å². The third-order valence-electron chi connectivity index (χ3n) is 2.18. The number of rotatable bonds is 7. The number of sulfonamides is 1. The van der Waals surface area contributed by atoms with Gasteiger partial charge in [0.2, 0.25) is 5.91 Å². The molecule has 0 bridgehead atoms. The second-order valence-electron chi connectivity index (χ2n) is 4.40. The lowest BCUT2D eigenvalue weighted by atomic mass is 10.2. The van der Waals surface area contributed by atoms with Gasteiger partial charge in [0.1, 0.15) is 4.21 Å². The summed E-state index contributed by atoms with van der Waals surface area (Å²) in [5, 5.41) is 4.42. The van der Waals surface area contributed by atoms with Gasteiger partial charge < -0.3 is 5.32 Å². The van der Waals surface area contributed by atoms with Crippen LogP contribution in [0.2, 0.25) is 0 Å². The maximum Gasteiger partial charge on any atom is 0.251 e. The summed E-state index contributed by atoms with van der Waals surface area (Å²) in [7, 11) is -3.53. The SMILES string of the molecule is CC(C)CNC(=O)CCNS(=O)(=O)c1sccc1Br. The highest BCUT2D eigenvalue weighted by atomic mass is 79.9. The van der Waals surface area contributed by atoms with Crippen LogP contribution in [0.1, 0.15) is 20.3 Å². The Morgan fingerprint density at radius 1 is 1.47 bits per heavy atom. The molecule has 0 radical (unpaired) electrons. The second-order valence-corrected chi connectivity index (χ2v) is 8.13. The highest BCUT2D eigenvalue weighted by Gasteiger charge is 2.18. The van der Waals surface area contributed by atoms with Gasteiger partial charge in [-0.25, -0.2) is 13.1 Å². The minimum absolute atomic E-state index is 0.0939. The Morgan fingerprint density at radius 2 is 2.16 bits per heavy atom. The van der Waals surface area contributed by atoms with Crippen molar-refractivity contribution in [1.29, 1.82) is 0 Å². The van der Waals surface area contributed by atoms with Gasteiger partial charge in [-0.3, -0.25) is 4.79 Å². The zero-order chi connectivity index (χ0) is 14.5. The molecule has 0 fully saturated rings. The molecule has 2 N–H and O–H groups in total. The van der Waals surface area contributed by atoms with Crippen molar-refractivity contribution in [3.63, 3.8) is 0 Å². The molecule has 0 spiro atoms. The first-order valence-corrected chi connectivity index (χ1v) is 8.98. The highest BCUT2D eigenvalue weighted by Crippen LogP contribution is 2.27. The van der Waals surface area contributed by atoms with Crippen molar-refractivity contribution in [3.05, 3.63) is 15.9 Å². The van der Waals surface area contributed by atoms with E-state index in [-0.39, 0.29) is 23.1 Å². The monoisotopic (exact) mass is 368 g/mol. The summed E-state index contributed by atoms with van der Waals surface area (Å²) in [5.74, 6) is 0.226. The van der Waals surface area contributed by atoms with Crippen LogP contribution in [0.25, 0.3) is 0 Å². The molecule has 8 heteroatoms. The predicted octanol–water partition coefficient (Wildman–Crippen LogP) is 1.95.